The van der Waals surface area contributed by atoms with Crippen molar-refractivity contribution in [1.29, 1.82) is 0 Å². The number of ether oxygens (including phenoxy) is 2. The average Bonchev–Trinajstić information content (AvgIpc) is 2.62. The highest BCUT2D eigenvalue weighted by molar-refractivity contribution is 7.89. The number of carbonyl (C=O) groups excluding carboxylic acids is 2. The second-order valence-corrected chi connectivity index (χ2v) is 7.71. The standard InChI is InChI=1S/C19H22N2O6S/c1-13-3-4-14(2)17(11-13)26-10-9-19(23)27-12-18(22)21-15-5-7-16(8-6-15)28(20,24)25/h3-8,11H,9-10,12H2,1-2H3,(H,21,22)(H2,20,24,25). The zero-order valence-corrected chi connectivity index (χ0v) is 16.4. The molecular formula is C19H22N2O6S. The van der Waals surface area contributed by atoms with E-state index in [-0.39, 0.29) is 17.9 Å². The molecule has 0 saturated heterocycles. The number of rotatable bonds is 8. The molecular weight excluding hydrogens is 384 g/mol. The number of hydrogen-bond donors (Lipinski definition) is 2. The number of primary sulfonamides is 1. The van der Waals surface area contributed by atoms with E-state index in [1.165, 1.54) is 24.3 Å². The lowest BCUT2D eigenvalue weighted by Gasteiger charge is -2.10. The summed E-state index contributed by atoms with van der Waals surface area (Å²) in [5.74, 6) is -0.411. The zero-order chi connectivity index (χ0) is 20.7. The van der Waals surface area contributed by atoms with E-state index in [2.05, 4.69) is 5.32 Å². The molecule has 2 aromatic rings. The van der Waals surface area contributed by atoms with Gasteiger partial charge in [-0.3, -0.25) is 9.59 Å². The highest BCUT2D eigenvalue weighted by atomic mass is 32.2. The topological polar surface area (TPSA) is 125 Å². The van der Waals surface area contributed by atoms with Crippen LogP contribution >= 0.6 is 0 Å². The van der Waals surface area contributed by atoms with Crippen molar-refractivity contribution >= 4 is 27.6 Å². The van der Waals surface area contributed by atoms with E-state index in [0.717, 1.165) is 11.1 Å². The molecule has 1 amide bonds. The number of benzene rings is 2. The first-order valence-electron chi connectivity index (χ1n) is 8.43. The summed E-state index contributed by atoms with van der Waals surface area (Å²) < 4.78 is 32.8. The molecule has 0 aliphatic rings. The van der Waals surface area contributed by atoms with Gasteiger partial charge >= 0.3 is 5.97 Å². The van der Waals surface area contributed by atoms with Crippen molar-refractivity contribution in [3.8, 4) is 5.75 Å². The van der Waals surface area contributed by atoms with Crippen LogP contribution in [0, 0.1) is 13.8 Å². The predicted molar refractivity (Wildman–Crippen MR) is 103 cm³/mol. The summed E-state index contributed by atoms with van der Waals surface area (Å²) in [4.78, 5) is 23.5. The Balaban J connectivity index is 1.73. The Bertz CT molecular complexity index is 955. The Morgan fingerprint density at radius 2 is 1.75 bits per heavy atom. The van der Waals surface area contributed by atoms with E-state index in [0.29, 0.717) is 11.4 Å². The first-order valence-corrected chi connectivity index (χ1v) is 9.98. The van der Waals surface area contributed by atoms with Crippen molar-refractivity contribution in [3.63, 3.8) is 0 Å². The monoisotopic (exact) mass is 406 g/mol. The zero-order valence-electron chi connectivity index (χ0n) is 15.6. The number of carbonyl (C=O) groups is 2. The van der Waals surface area contributed by atoms with E-state index in [4.69, 9.17) is 14.6 Å². The molecule has 8 nitrogen and oxygen atoms in total. The molecule has 0 aliphatic carbocycles. The number of nitrogens with two attached hydrogens (primary N) is 1. The molecule has 0 unspecified atom stereocenters. The molecule has 2 aromatic carbocycles. The van der Waals surface area contributed by atoms with Crippen LogP contribution in [0.5, 0.6) is 5.75 Å². The first kappa shape index (κ1) is 21.4. The van der Waals surface area contributed by atoms with E-state index >= 15 is 0 Å². The third kappa shape index (κ3) is 6.67. The van der Waals surface area contributed by atoms with Gasteiger partial charge in [-0.15, -0.1) is 0 Å². The molecule has 28 heavy (non-hydrogen) atoms. The largest absolute Gasteiger partial charge is 0.493 e. The van der Waals surface area contributed by atoms with Gasteiger partial charge in [0.15, 0.2) is 6.61 Å². The molecule has 0 atom stereocenters. The first-order chi connectivity index (χ1) is 13.1. The summed E-state index contributed by atoms with van der Waals surface area (Å²) in [5, 5.41) is 7.49. The van der Waals surface area contributed by atoms with E-state index < -0.39 is 28.5 Å². The maximum Gasteiger partial charge on any atom is 0.309 e. The SMILES string of the molecule is Cc1ccc(C)c(OCCC(=O)OCC(=O)Nc2ccc(S(N)(=O)=O)cc2)c1. The minimum absolute atomic E-state index is 0.00369. The number of amides is 1. The van der Waals surface area contributed by atoms with Crippen LogP contribution in [0.25, 0.3) is 0 Å². The normalized spacial score (nSPS) is 11.0. The summed E-state index contributed by atoms with van der Waals surface area (Å²) in [7, 11) is -3.80. The highest BCUT2D eigenvalue weighted by Gasteiger charge is 2.11. The number of sulfonamides is 1. The van der Waals surface area contributed by atoms with Crippen LogP contribution in [0.2, 0.25) is 0 Å². The number of aryl methyl sites for hydroxylation is 2. The maximum absolute atomic E-state index is 11.8. The summed E-state index contributed by atoms with van der Waals surface area (Å²) in [6.45, 7) is 3.54. The van der Waals surface area contributed by atoms with Crippen molar-refractivity contribution in [2.75, 3.05) is 18.5 Å². The quantitative estimate of drug-likeness (QED) is 0.645. The van der Waals surface area contributed by atoms with Crippen molar-refractivity contribution in [1.82, 2.24) is 0 Å². The van der Waals surface area contributed by atoms with Gasteiger partial charge in [-0.05, 0) is 55.3 Å². The molecule has 0 radical (unpaired) electrons. The van der Waals surface area contributed by atoms with Crippen LogP contribution in [0.1, 0.15) is 17.5 Å². The average molecular weight is 406 g/mol. The van der Waals surface area contributed by atoms with Crippen LogP contribution in [0.15, 0.2) is 47.4 Å². The number of anilines is 1. The van der Waals surface area contributed by atoms with Crippen LogP contribution < -0.4 is 15.2 Å². The fraction of sp³-hybridized carbons (Fsp3) is 0.263. The molecule has 0 heterocycles. The Morgan fingerprint density at radius 3 is 2.39 bits per heavy atom. The van der Waals surface area contributed by atoms with E-state index in [1.54, 1.807) is 0 Å². The Hall–Kier alpha value is -2.91. The van der Waals surface area contributed by atoms with Crippen LogP contribution in [0.3, 0.4) is 0 Å². The van der Waals surface area contributed by atoms with Crippen LogP contribution in [-0.2, 0) is 24.3 Å². The van der Waals surface area contributed by atoms with Gasteiger partial charge in [0, 0.05) is 5.69 Å². The lowest BCUT2D eigenvalue weighted by atomic mass is 10.1. The molecule has 0 fully saturated rings. The Kier molecular flexibility index (Phi) is 7.13. The van der Waals surface area contributed by atoms with Gasteiger partial charge in [0.2, 0.25) is 10.0 Å². The molecule has 0 bridgehead atoms. The van der Waals surface area contributed by atoms with Gasteiger partial charge in [0.1, 0.15) is 5.75 Å². The molecule has 0 saturated carbocycles. The Labute approximate surface area is 163 Å². The van der Waals surface area contributed by atoms with Gasteiger partial charge in [0.25, 0.3) is 5.91 Å². The Morgan fingerprint density at radius 1 is 1.07 bits per heavy atom. The van der Waals surface area contributed by atoms with Gasteiger partial charge < -0.3 is 14.8 Å². The third-order valence-corrected chi connectivity index (χ3v) is 4.67. The van der Waals surface area contributed by atoms with Crippen molar-refractivity contribution < 1.29 is 27.5 Å². The third-order valence-electron chi connectivity index (χ3n) is 3.74. The molecule has 150 valence electrons. The maximum atomic E-state index is 11.8. The van der Waals surface area contributed by atoms with Crippen molar-refractivity contribution in [3.05, 3.63) is 53.6 Å². The second-order valence-electron chi connectivity index (χ2n) is 6.15. The summed E-state index contributed by atoms with van der Waals surface area (Å²) in [6.07, 6.45) is 0.00369. The van der Waals surface area contributed by atoms with Gasteiger partial charge in [0.05, 0.1) is 17.9 Å². The van der Waals surface area contributed by atoms with Crippen molar-refractivity contribution in [2.24, 2.45) is 5.14 Å². The minimum atomic E-state index is -3.80. The van der Waals surface area contributed by atoms with Gasteiger partial charge in [-0.25, -0.2) is 13.6 Å². The summed E-state index contributed by atoms with van der Waals surface area (Å²) >= 11 is 0. The number of esters is 1. The van der Waals surface area contributed by atoms with Crippen LogP contribution in [0.4, 0.5) is 5.69 Å². The lowest BCUT2D eigenvalue weighted by molar-refractivity contribution is -0.147. The minimum Gasteiger partial charge on any atom is -0.493 e. The molecule has 0 spiro atoms. The molecule has 2 rings (SSSR count). The molecule has 0 aromatic heterocycles. The fourth-order valence-electron chi connectivity index (χ4n) is 2.25. The number of hydrogen-bond acceptors (Lipinski definition) is 6. The lowest BCUT2D eigenvalue weighted by Crippen LogP contribution is -2.21. The number of nitrogens with one attached hydrogen (secondary N) is 1. The van der Waals surface area contributed by atoms with E-state index in [1.807, 2.05) is 32.0 Å². The molecule has 3 N–H and O–H groups in total. The molecule has 0 aliphatic heterocycles. The fourth-order valence-corrected chi connectivity index (χ4v) is 2.77. The smallest absolute Gasteiger partial charge is 0.309 e. The predicted octanol–water partition coefficient (Wildman–Crippen LogP) is 1.90. The second kappa shape index (κ2) is 9.34. The van der Waals surface area contributed by atoms with Gasteiger partial charge in [-0.1, -0.05) is 12.1 Å². The summed E-state index contributed by atoms with van der Waals surface area (Å²) in [5.41, 5.74) is 2.37. The van der Waals surface area contributed by atoms with E-state index in [9.17, 15) is 18.0 Å². The summed E-state index contributed by atoms with van der Waals surface area (Å²) in [6, 6.07) is 11.1. The van der Waals surface area contributed by atoms with Gasteiger partial charge in [-0.2, -0.15) is 0 Å². The molecule has 9 heteroatoms. The van der Waals surface area contributed by atoms with Crippen LogP contribution in [-0.4, -0.2) is 33.5 Å². The highest BCUT2D eigenvalue weighted by Crippen LogP contribution is 2.19. The van der Waals surface area contributed by atoms with Crippen molar-refractivity contribution in [2.45, 2.75) is 25.2 Å².